The van der Waals surface area contributed by atoms with Crippen LogP contribution in [-0.2, 0) is 6.42 Å². The van der Waals surface area contributed by atoms with Gasteiger partial charge < -0.3 is 8.98 Å². The summed E-state index contributed by atoms with van der Waals surface area (Å²) in [5, 5.41) is 9.30. The number of nitrogens with zero attached hydrogens (tertiary/aromatic N) is 3. The van der Waals surface area contributed by atoms with Gasteiger partial charge in [-0.3, -0.25) is 4.99 Å². The molecule has 284 valence electrons. The molecule has 1 unspecified atom stereocenters. The molecule has 0 amide bonds. The minimum atomic E-state index is -0.259. The van der Waals surface area contributed by atoms with E-state index in [2.05, 4.69) is 194 Å². The molecular weight excluding hydrogens is 731 g/mol. The van der Waals surface area contributed by atoms with Gasteiger partial charge in [0.15, 0.2) is 5.84 Å². The highest BCUT2D eigenvalue weighted by molar-refractivity contribution is 6.20. The maximum atomic E-state index is 6.97. The summed E-state index contributed by atoms with van der Waals surface area (Å²) in [7, 11) is 0. The molecule has 0 saturated carbocycles. The van der Waals surface area contributed by atoms with E-state index in [1.54, 1.807) is 0 Å². The molecule has 4 heteroatoms. The second-order valence-electron chi connectivity index (χ2n) is 16.1. The fourth-order valence-corrected chi connectivity index (χ4v) is 9.55. The summed E-state index contributed by atoms with van der Waals surface area (Å²) in [4.78, 5) is 10.8. The summed E-state index contributed by atoms with van der Waals surface area (Å²) < 4.78 is 9.41. The van der Waals surface area contributed by atoms with Crippen molar-refractivity contribution in [1.82, 2.24) is 4.57 Å². The molecule has 4 nitrogen and oxygen atoms in total. The molecule has 0 radical (unpaired) electrons. The number of amidine groups is 1. The van der Waals surface area contributed by atoms with Crippen molar-refractivity contribution in [3.8, 4) is 16.8 Å². The van der Waals surface area contributed by atoms with E-state index in [4.69, 9.17) is 14.4 Å². The van der Waals surface area contributed by atoms with Crippen LogP contribution in [0.25, 0.3) is 82.1 Å². The molecule has 12 rings (SSSR count). The van der Waals surface area contributed by atoms with Gasteiger partial charge >= 0.3 is 0 Å². The van der Waals surface area contributed by atoms with E-state index in [9.17, 15) is 0 Å². The number of rotatable bonds is 5. The number of fused-ring (bicyclic) bond motifs is 12. The minimum Gasteiger partial charge on any atom is -0.455 e. The van der Waals surface area contributed by atoms with E-state index in [0.29, 0.717) is 5.84 Å². The third kappa shape index (κ3) is 5.45. The Balaban J connectivity index is 1.08. The zero-order chi connectivity index (χ0) is 39.9. The number of para-hydroxylation sites is 1. The highest BCUT2D eigenvalue weighted by atomic mass is 16.3. The molecule has 0 N–H and O–H groups in total. The number of hydrogen-bond donors (Lipinski definition) is 0. The standard InChI is InChI=1S/C56H39N3O/c1-34(38-24-25-42-28-41-19-9-10-20-44(41)48(42)29-38)57-56(37-15-4-3-5-16-37)58-35(2)43-32-52(54-47-27-26-36-14-8-11-21-45(36)55(47)60-53(54)33-43)59-50-23-13-12-22-46(50)49-30-39-17-6-7-18-40(39)31-51(49)59/h3-27,29-33,35H,28H2,1-2H3/b57-34+,58-56-. The number of hydrogen-bond acceptors (Lipinski definition) is 2. The molecule has 0 bridgehead atoms. The Kier molecular flexibility index (Phi) is 7.76. The molecule has 1 aliphatic carbocycles. The number of furan rings is 1. The van der Waals surface area contributed by atoms with Gasteiger partial charge in [-0.1, -0.05) is 140 Å². The van der Waals surface area contributed by atoms with Crippen molar-refractivity contribution in [1.29, 1.82) is 0 Å². The van der Waals surface area contributed by atoms with Crippen LogP contribution in [0.2, 0.25) is 0 Å². The van der Waals surface area contributed by atoms with Crippen molar-refractivity contribution in [2.45, 2.75) is 26.3 Å². The van der Waals surface area contributed by atoms with E-state index in [0.717, 1.165) is 78.3 Å². The summed E-state index contributed by atoms with van der Waals surface area (Å²) in [6.45, 7) is 4.27. The predicted molar refractivity (Wildman–Crippen MR) is 251 cm³/mol. The fourth-order valence-electron chi connectivity index (χ4n) is 9.55. The number of aromatic nitrogens is 1. The first-order valence-corrected chi connectivity index (χ1v) is 20.8. The Morgan fingerprint density at radius 1 is 0.550 bits per heavy atom. The molecular formula is C56H39N3O. The Morgan fingerprint density at radius 3 is 2.13 bits per heavy atom. The largest absolute Gasteiger partial charge is 0.455 e. The fraction of sp³-hybridized carbons (Fsp3) is 0.0714. The molecule has 0 fully saturated rings. The highest BCUT2D eigenvalue weighted by Crippen LogP contribution is 2.43. The van der Waals surface area contributed by atoms with Crippen molar-refractivity contribution in [3.63, 3.8) is 0 Å². The van der Waals surface area contributed by atoms with Crippen molar-refractivity contribution >= 4 is 76.8 Å². The van der Waals surface area contributed by atoms with Gasteiger partial charge in [-0.25, -0.2) is 4.99 Å². The smallest absolute Gasteiger partial charge is 0.155 e. The predicted octanol–water partition coefficient (Wildman–Crippen LogP) is 14.6. The Bertz CT molecular complexity index is 3600. The lowest BCUT2D eigenvalue weighted by molar-refractivity contribution is 0.670. The molecule has 2 heterocycles. The zero-order valence-electron chi connectivity index (χ0n) is 33.4. The van der Waals surface area contributed by atoms with Crippen LogP contribution in [0.3, 0.4) is 0 Å². The van der Waals surface area contributed by atoms with Crippen LogP contribution in [0.5, 0.6) is 0 Å². The van der Waals surface area contributed by atoms with E-state index in [1.165, 1.54) is 43.8 Å². The van der Waals surface area contributed by atoms with Crippen molar-refractivity contribution in [3.05, 3.63) is 210 Å². The van der Waals surface area contributed by atoms with Gasteiger partial charge in [0.2, 0.25) is 0 Å². The van der Waals surface area contributed by atoms with Crippen LogP contribution >= 0.6 is 0 Å². The van der Waals surface area contributed by atoms with Crippen molar-refractivity contribution < 1.29 is 4.42 Å². The minimum absolute atomic E-state index is 0.259. The van der Waals surface area contributed by atoms with E-state index < -0.39 is 0 Å². The third-order valence-corrected chi connectivity index (χ3v) is 12.6. The topological polar surface area (TPSA) is 42.8 Å². The van der Waals surface area contributed by atoms with Gasteiger partial charge in [-0.05, 0) is 112 Å². The highest BCUT2D eigenvalue weighted by Gasteiger charge is 2.23. The summed E-state index contributed by atoms with van der Waals surface area (Å²) in [5.41, 5.74) is 14.5. The van der Waals surface area contributed by atoms with Gasteiger partial charge in [-0.15, -0.1) is 0 Å². The molecule has 1 atom stereocenters. The van der Waals surface area contributed by atoms with E-state index in [-0.39, 0.29) is 6.04 Å². The molecule has 0 aliphatic heterocycles. The average molecular weight is 770 g/mol. The van der Waals surface area contributed by atoms with Crippen LogP contribution in [0.15, 0.2) is 196 Å². The summed E-state index contributed by atoms with van der Waals surface area (Å²) in [6, 6.07) is 65.1. The Morgan fingerprint density at radius 2 is 1.27 bits per heavy atom. The lowest BCUT2D eigenvalue weighted by Crippen LogP contribution is -2.06. The number of benzene rings is 9. The molecule has 60 heavy (non-hydrogen) atoms. The first-order valence-electron chi connectivity index (χ1n) is 20.8. The van der Waals surface area contributed by atoms with E-state index in [1.807, 2.05) is 6.07 Å². The molecule has 2 aromatic heterocycles. The molecule has 9 aromatic carbocycles. The van der Waals surface area contributed by atoms with Crippen LogP contribution in [0.4, 0.5) is 0 Å². The summed E-state index contributed by atoms with van der Waals surface area (Å²) in [6.07, 6.45) is 0.967. The Labute approximate surface area is 347 Å². The van der Waals surface area contributed by atoms with Gasteiger partial charge in [0, 0.05) is 32.8 Å². The lowest BCUT2D eigenvalue weighted by atomic mass is 10.0. The summed E-state index contributed by atoms with van der Waals surface area (Å²) in [5.74, 6) is 0.696. The summed E-state index contributed by atoms with van der Waals surface area (Å²) >= 11 is 0. The van der Waals surface area contributed by atoms with Gasteiger partial charge in [0.1, 0.15) is 11.2 Å². The first-order chi connectivity index (χ1) is 29.6. The van der Waals surface area contributed by atoms with Gasteiger partial charge in [0.25, 0.3) is 0 Å². The monoisotopic (exact) mass is 769 g/mol. The maximum Gasteiger partial charge on any atom is 0.155 e. The second-order valence-corrected chi connectivity index (χ2v) is 16.1. The normalized spacial score (nSPS) is 13.6. The zero-order valence-corrected chi connectivity index (χ0v) is 33.4. The molecule has 0 saturated heterocycles. The Hall–Kier alpha value is -7.56. The second kappa shape index (κ2) is 13.5. The molecule has 11 aromatic rings. The van der Waals surface area contributed by atoms with Crippen LogP contribution in [0.1, 0.15) is 47.7 Å². The quantitative estimate of drug-likeness (QED) is 0.127. The van der Waals surface area contributed by atoms with Crippen molar-refractivity contribution in [2.24, 2.45) is 9.98 Å². The first kappa shape index (κ1) is 34.5. The number of aliphatic imine (C=N–C) groups is 2. The lowest BCUT2D eigenvalue weighted by Gasteiger charge is -2.15. The third-order valence-electron chi connectivity index (χ3n) is 12.6. The van der Waals surface area contributed by atoms with Gasteiger partial charge in [0.05, 0.1) is 28.1 Å². The van der Waals surface area contributed by atoms with E-state index >= 15 is 0 Å². The van der Waals surface area contributed by atoms with Crippen LogP contribution in [0, 0.1) is 0 Å². The van der Waals surface area contributed by atoms with Crippen LogP contribution < -0.4 is 0 Å². The van der Waals surface area contributed by atoms with Gasteiger partial charge in [-0.2, -0.15) is 0 Å². The van der Waals surface area contributed by atoms with Crippen molar-refractivity contribution in [2.75, 3.05) is 0 Å². The average Bonchev–Trinajstić information content (AvgIpc) is 3.97. The molecule has 1 aliphatic rings. The maximum absolute atomic E-state index is 6.97. The van der Waals surface area contributed by atoms with Crippen LogP contribution in [-0.4, -0.2) is 16.1 Å². The molecule has 0 spiro atoms. The SMILES string of the molecule is C/C(=N\C(=N/C(C)c1cc(-n2c3ccccc3c3cc4ccccc4cc32)c2c(c1)oc1c3ccccc3ccc12)c1ccccc1)c1ccc2c(c1)-c1ccccc1C2.